The van der Waals surface area contributed by atoms with Gasteiger partial charge < -0.3 is 24.6 Å². The van der Waals surface area contributed by atoms with Crippen LogP contribution in [0.1, 0.15) is 12.8 Å². The first kappa shape index (κ1) is 20.6. The lowest BCUT2D eigenvalue weighted by molar-refractivity contribution is -0.138. The number of likely N-dealkylation sites (N-methyl/N-ethyl adjacent to an activating group) is 1. The molecule has 1 heterocycles. The van der Waals surface area contributed by atoms with E-state index in [4.69, 9.17) is 9.47 Å². The second-order valence-electron chi connectivity index (χ2n) is 7.80. The molecule has 0 radical (unpaired) electrons. The highest BCUT2D eigenvalue weighted by molar-refractivity contribution is 5.82. The molecular formula is C21H31N3O4. The van der Waals surface area contributed by atoms with Gasteiger partial charge in [-0.15, -0.1) is 0 Å². The first-order valence-corrected chi connectivity index (χ1v) is 10.00. The quantitative estimate of drug-likeness (QED) is 0.753. The van der Waals surface area contributed by atoms with E-state index in [1.807, 2.05) is 35.2 Å². The van der Waals surface area contributed by atoms with Crippen LogP contribution in [0.2, 0.25) is 0 Å². The maximum atomic E-state index is 13.2. The zero-order valence-electron chi connectivity index (χ0n) is 16.8. The van der Waals surface area contributed by atoms with Crippen LogP contribution in [0.5, 0.6) is 5.75 Å². The molecule has 7 nitrogen and oxygen atoms in total. The maximum Gasteiger partial charge on any atom is 0.246 e. The number of hydrogen-bond acceptors (Lipinski definition) is 5. The number of nitrogens with one attached hydrogen (secondary N) is 1. The van der Waals surface area contributed by atoms with E-state index in [0.717, 1.165) is 44.8 Å². The summed E-state index contributed by atoms with van der Waals surface area (Å²) in [5, 5.41) is 3.01. The number of nitrogens with zero attached hydrogens (tertiary/aromatic N) is 2. The molecular weight excluding hydrogens is 358 g/mol. The molecule has 2 amide bonds. The Balaban J connectivity index is 1.62. The smallest absolute Gasteiger partial charge is 0.246 e. The van der Waals surface area contributed by atoms with Gasteiger partial charge in [-0.25, -0.2) is 0 Å². The van der Waals surface area contributed by atoms with Crippen LogP contribution in [0.25, 0.3) is 0 Å². The van der Waals surface area contributed by atoms with E-state index < -0.39 is 0 Å². The molecule has 1 aromatic carbocycles. The van der Waals surface area contributed by atoms with Gasteiger partial charge in [0.1, 0.15) is 12.4 Å². The molecule has 1 saturated heterocycles. The molecule has 7 heteroatoms. The molecule has 0 spiro atoms. The topological polar surface area (TPSA) is 71.1 Å². The number of rotatable bonds is 7. The molecule has 2 fully saturated rings. The molecule has 1 aliphatic carbocycles. The van der Waals surface area contributed by atoms with E-state index in [0.29, 0.717) is 6.61 Å². The fraction of sp³-hybridized carbons (Fsp3) is 0.619. The van der Waals surface area contributed by atoms with E-state index in [2.05, 4.69) is 17.3 Å². The molecule has 1 aliphatic heterocycles. The summed E-state index contributed by atoms with van der Waals surface area (Å²) in [5.74, 6) is 0.839. The van der Waals surface area contributed by atoms with Crippen LogP contribution < -0.4 is 10.1 Å². The Labute approximate surface area is 167 Å². The standard InChI is InChI=1S/C21H31N3O4/c1-23-8-10-24(11-9-23)21(26)18-12-16(13-19(18)22-20(25)15-27-2)14-28-17-6-4-3-5-7-17/h3-7,16,18-19H,8-15H2,1-2H3,(H,22,25)/t16-,18-,19-/m1/s1. The zero-order chi connectivity index (χ0) is 19.9. The number of methoxy groups -OCH3 is 1. The summed E-state index contributed by atoms with van der Waals surface area (Å²) in [4.78, 5) is 29.4. The molecule has 1 saturated carbocycles. The second kappa shape index (κ2) is 9.89. The Bertz CT molecular complexity index is 646. The minimum atomic E-state index is -0.200. The van der Waals surface area contributed by atoms with Gasteiger partial charge in [0.2, 0.25) is 11.8 Å². The highest BCUT2D eigenvalue weighted by atomic mass is 16.5. The van der Waals surface area contributed by atoms with Crippen molar-refractivity contribution in [1.29, 1.82) is 0 Å². The van der Waals surface area contributed by atoms with Gasteiger partial charge in [0.05, 0.1) is 12.5 Å². The number of piperazine rings is 1. The SMILES string of the molecule is COCC(=O)N[C@@H]1C[C@H](COc2ccccc2)C[C@H]1C(=O)N1CCN(C)CC1. The molecule has 2 aliphatic rings. The fourth-order valence-corrected chi connectivity index (χ4v) is 4.08. The summed E-state index contributed by atoms with van der Waals surface area (Å²) in [5.41, 5.74) is 0. The highest BCUT2D eigenvalue weighted by Crippen LogP contribution is 2.33. The molecule has 1 N–H and O–H groups in total. The summed E-state index contributed by atoms with van der Waals surface area (Å²) in [6.07, 6.45) is 1.47. The molecule has 154 valence electrons. The number of carbonyl (C=O) groups excluding carboxylic acids is 2. The van der Waals surface area contributed by atoms with Gasteiger partial charge in [0, 0.05) is 39.3 Å². The first-order valence-electron chi connectivity index (χ1n) is 10.00. The first-order chi connectivity index (χ1) is 13.6. The van der Waals surface area contributed by atoms with Crippen molar-refractivity contribution in [2.24, 2.45) is 11.8 Å². The van der Waals surface area contributed by atoms with Crippen LogP contribution in [0.15, 0.2) is 30.3 Å². The fourth-order valence-electron chi connectivity index (χ4n) is 4.08. The number of amides is 2. The molecule has 1 aromatic rings. The number of hydrogen-bond donors (Lipinski definition) is 1. The molecule has 3 rings (SSSR count). The van der Waals surface area contributed by atoms with Crippen molar-refractivity contribution >= 4 is 11.8 Å². The van der Waals surface area contributed by atoms with Crippen LogP contribution in [-0.4, -0.2) is 81.2 Å². The van der Waals surface area contributed by atoms with Crippen LogP contribution in [0, 0.1) is 11.8 Å². The van der Waals surface area contributed by atoms with E-state index in [1.165, 1.54) is 7.11 Å². The second-order valence-corrected chi connectivity index (χ2v) is 7.80. The number of para-hydroxylation sites is 1. The Morgan fingerprint density at radius 3 is 2.50 bits per heavy atom. The van der Waals surface area contributed by atoms with Gasteiger partial charge in [-0.05, 0) is 37.9 Å². The summed E-state index contributed by atoms with van der Waals surface area (Å²) in [6, 6.07) is 9.53. The Kier molecular flexibility index (Phi) is 7.28. The van der Waals surface area contributed by atoms with Gasteiger partial charge in [-0.1, -0.05) is 18.2 Å². The van der Waals surface area contributed by atoms with Crippen LogP contribution in [-0.2, 0) is 14.3 Å². The number of benzene rings is 1. The summed E-state index contributed by atoms with van der Waals surface area (Å²) < 4.78 is 10.8. The van der Waals surface area contributed by atoms with E-state index in [-0.39, 0.29) is 36.3 Å². The van der Waals surface area contributed by atoms with Crippen molar-refractivity contribution in [2.45, 2.75) is 18.9 Å². The highest BCUT2D eigenvalue weighted by Gasteiger charge is 2.41. The Hall–Kier alpha value is -2.12. The monoisotopic (exact) mass is 389 g/mol. The van der Waals surface area contributed by atoms with Crippen molar-refractivity contribution in [3.8, 4) is 5.75 Å². The van der Waals surface area contributed by atoms with Crippen molar-refractivity contribution in [1.82, 2.24) is 15.1 Å². The van der Waals surface area contributed by atoms with Crippen LogP contribution in [0.3, 0.4) is 0 Å². The van der Waals surface area contributed by atoms with E-state index in [1.54, 1.807) is 0 Å². The van der Waals surface area contributed by atoms with Crippen molar-refractivity contribution in [2.75, 3.05) is 53.6 Å². The minimum Gasteiger partial charge on any atom is -0.493 e. The Morgan fingerprint density at radius 2 is 1.82 bits per heavy atom. The maximum absolute atomic E-state index is 13.2. The third kappa shape index (κ3) is 5.45. The minimum absolute atomic E-state index is 0.0110. The predicted octanol–water partition coefficient (Wildman–Crippen LogP) is 0.997. The normalized spacial score (nSPS) is 25.5. The van der Waals surface area contributed by atoms with Gasteiger partial charge in [0.25, 0.3) is 0 Å². The van der Waals surface area contributed by atoms with Gasteiger partial charge in [-0.2, -0.15) is 0 Å². The third-order valence-corrected chi connectivity index (χ3v) is 5.64. The van der Waals surface area contributed by atoms with Gasteiger partial charge >= 0.3 is 0 Å². The molecule has 28 heavy (non-hydrogen) atoms. The van der Waals surface area contributed by atoms with Crippen LogP contribution in [0.4, 0.5) is 0 Å². The van der Waals surface area contributed by atoms with Crippen LogP contribution >= 0.6 is 0 Å². The van der Waals surface area contributed by atoms with Crippen molar-refractivity contribution in [3.05, 3.63) is 30.3 Å². The van der Waals surface area contributed by atoms with Gasteiger partial charge in [-0.3, -0.25) is 9.59 Å². The summed E-state index contributed by atoms with van der Waals surface area (Å²) in [7, 11) is 3.57. The molecule has 3 atom stereocenters. The third-order valence-electron chi connectivity index (χ3n) is 5.64. The van der Waals surface area contributed by atoms with Crippen molar-refractivity contribution < 1.29 is 19.1 Å². The largest absolute Gasteiger partial charge is 0.493 e. The number of carbonyl (C=O) groups is 2. The lowest BCUT2D eigenvalue weighted by Gasteiger charge is -2.35. The summed E-state index contributed by atoms with van der Waals surface area (Å²) in [6.45, 7) is 3.83. The molecule has 0 aromatic heterocycles. The van der Waals surface area contributed by atoms with Crippen molar-refractivity contribution in [3.63, 3.8) is 0 Å². The predicted molar refractivity (Wildman–Crippen MR) is 106 cm³/mol. The number of ether oxygens (including phenoxy) is 2. The summed E-state index contributed by atoms with van der Waals surface area (Å²) >= 11 is 0. The zero-order valence-corrected chi connectivity index (χ0v) is 16.8. The molecule has 0 unspecified atom stereocenters. The Morgan fingerprint density at radius 1 is 1.11 bits per heavy atom. The lowest BCUT2D eigenvalue weighted by Crippen LogP contribution is -2.52. The molecule has 0 bridgehead atoms. The van der Waals surface area contributed by atoms with E-state index >= 15 is 0 Å². The average Bonchev–Trinajstić information content (AvgIpc) is 3.10. The van der Waals surface area contributed by atoms with E-state index in [9.17, 15) is 9.59 Å². The average molecular weight is 389 g/mol. The van der Waals surface area contributed by atoms with Gasteiger partial charge in [0.15, 0.2) is 0 Å². The lowest BCUT2D eigenvalue weighted by atomic mass is 10.0.